The highest BCUT2D eigenvalue weighted by Crippen LogP contribution is 2.30. The zero-order valence-corrected chi connectivity index (χ0v) is 20.9. The van der Waals surface area contributed by atoms with Gasteiger partial charge in [0.25, 0.3) is 0 Å². The molecule has 0 bridgehead atoms. The van der Waals surface area contributed by atoms with Gasteiger partial charge in [0.05, 0.1) is 6.54 Å². The molecule has 2 saturated heterocycles. The summed E-state index contributed by atoms with van der Waals surface area (Å²) >= 11 is 1.84. The fourth-order valence-electron chi connectivity index (χ4n) is 4.32. The molecule has 0 unspecified atom stereocenters. The number of rotatable bonds is 6. The lowest BCUT2D eigenvalue weighted by molar-refractivity contribution is 0.0173. The van der Waals surface area contributed by atoms with Gasteiger partial charge < -0.3 is 15.5 Å². The lowest BCUT2D eigenvalue weighted by atomic mass is 9.84. The van der Waals surface area contributed by atoms with Crippen molar-refractivity contribution in [1.82, 2.24) is 20.4 Å². The molecule has 160 valence electrons. The first-order valence-corrected chi connectivity index (χ1v) is 11.4. The summed E-state index contributed by atoms with van der Waals surface area (Å²) in [6, 6.07) is 4.37. The van der Waals surface area contributed by atoms with E-state index in [0.717, 1.165) is 25.6 Å². The van der Waals surface area contributed by atoms with Crippen molar-refractivity contribution < 1.29 is 0 Å². The minimum absolute atomic E-state index is 0. The number of nitrogens with one attached hydrogen (secondary N) is 2. The standard InChI is InChI=1S/C21H37N5S.HI/c1-4-22-20(23-16-19-9-8-18(2)27-19)24-17-21(10-14-25(3)15-11-21)26-12-6-5-7-13-26;/h8-9H,4-7,10-17H2,1-3H3,(H2,22,23,24);1H. The fourth-order valence-corrected chi connectivity index (χ4v) is 5.14. The second-order valence-corrected chi connectivity index (χ2v) is 9.51. The van der Waals surface area contributed by atoms with Crippen molar-refractivity contribution in [1.29, 1.82) is 0 Å². The van der Waals surface area contributed by atoms with Crippen molar-refractivity contribution in [2.45, 2.75) is 58.0 Å². The monoisotopic (exact) mass is 519 g/mol. The van der Waals surface area contributed by atoms with Gasteiger partial charge in [0.15, 0.2) is 5.96 Å². The van der Waals surface area contributed by atoms with Crippen LogP contribution in [-0.2, 0) is 6.54 Å². The van der Waals surface area contributed by atoms with Gasteiger partial charge in [-0.05, 0) is 84.9 Å². The third kappa shape index (κ3) is 6.57. The Bertz CT molecular complexity index is 604. The Balaban J connectivity index is 0.00000280. The normalized spacial score (nSPS) is 21.2. The van der Waals surface area contributed by atoms with Crippen LogP contribution in [0.1, 0.15) is 48.8 Å². The van der Waals surface area contributed by atoms with Gasteiger partial charge in [-0.2, -0.15) is 0 Å². The number of thiophene rings is 1. The molecule has 2 aliphatic heterocycles. The molecule has 2 aliphatic rings. The highest BCUT2D eigenvalue weighted by molar-refractivity contribution is 14.0. The summed E-state index contributed by atoms with van der Waals surface area (Å²) in [5.41, 5.74) is 0.280. The van der Waals surface area contributed by atoms with Gasteiger partial charge in [0.1, 0.15) is 0 Å². The highest BCUT2D eigenvalue weighted by Gasteiger charge is 2.39. The summed E-state index contributed by atoms with van der Waals surface area (Å²) in [5.74, 6) is 0.957. The van der Waals surface area contributed by atoms with E-state index >= 15 is 0 Å². The van der Waals surface area contributed by atoms with E-state index in [-0.39, 0.29) is 29.5 Å². The Labute approximate surface area is 192 Å². The summed E-state index contributed by atoms with van der Waals surface area (Å²) in [6.07, 6.45) is 6.59. The maximum Gasteiger partial charge on any atom is 0.191 e. The molecule has 1 aromatic heterocycles. The van der Waals surface area contributed by atoms with E-state index in [1.165, 1.54) is 68.0 Å². The fraction of sp³-hybridized carbons (Fsp3) is 0.762. The summed E-state index contributed by atoms with van der Waals surface area (Å²) in [6.45, 7) is 11.9. The van der Waals surface area contributed by atoms with Gasteiger partial charge >= 0.3 is 0 Å². The number of nitrogens with zero attached hydrogens (tertiary/aromatic N) is 3. The first-order chi connectivity index (χ1) is 13.1. The summed E-state index contributed by atoms with van der Waals surface area (Å²) in [7, 11) is 2.25. The molecule has 0 amide bonds. The maximum atomic E-state index is 4.85. The Morgan fingerprint density at radius 3 is 2.43 bits per heavy atom. The number of guanidine groups is 1. The average Bonchev–Trinajstić information content (AvgIpc) is 3.11. The van der Waals surface area contributed by atoms with Crippen molar-refractivity contribution in [2.24, 2.45) is 4.99 Å². The predicted molar refractivity (Wildman–Crippen MR) is 132 cm³/mol. The molecule has 2 fully saturated rings. The van der Waals surface area contributed by atoms with E-state index in [1.54, 1.807) is 0 Å². The molecule has 3 heterocycles. The maximum absolute atomic E-state index is 4.85. The minimum Gasteiger partial charge on any atom is -0.357 e. The molecular weight excluding hydrogens is 481 g/mol. The molecule has 2 N–H and O–H groups in total. The van der Waals surface area contributed by atoms with Crippen LogP contribution in [0.15, 0.2) is 17.1 Å². The molecule has 1 aromatic rings. The van der Waals surface area contributed by atoms with Crippen LogP contribution in [0.2, 0.25) is 0 Å². The van der Waals surface area contributed by atoms with Crippen LogP contribution in [0.25, 0.3) is 0 Å². The number of aliphatic imine (C=N–C) groups is 1. The van der Waals surface area contributed by atoms with Crippen LogP contribution < -0.4 is 10.6 Å². The van der Waals surface area contributed by atoms with E-state index in [2.05, 4.69) is 53.5 Å². The number of piperidine rings is 2. The van der Waals surface area contributed by atoms with Crippen molar-refractivity contribution in [3.05, 3.63) is 21.9 Å². The Morgan fingerprint density at radius 2 is 1.82 bits per heavy atom. The van der Waals surface area contributed by atoms with Crippen LogP contribution in [0, 0.1) is 6.92 Å². The SMILES string of the molecule is CCNC(=NCc1ccc(C)s1)NCC1(N2CCCCC2)CCN(C)CC1.I. The smallest absolute Gasteiger partial charge is 0.191 e. The lowest BCUT2D eigenvalue weighted by Gasteiger charge is -2.50. The van der Waals surface area contributed by atoms with Gasteiger partial charge in [-0.3, -0.25) is 4.90 Å². The van der Waals surface area contributed by atoms with Gasteiger partial charge in [0.2, 0.25) is 0 Å². The second-order valence-electron chi connectivity index (χ2n) is 8.14. The lowest BCUT2D eigenvalue weighted by Crippen LogP contribution is -2.62. The topological polar surface area (TPSA) is 42.9 Å². The van der Waals surface area contributed by atoms with Gasteiger partial charge in [-0.25, -0.2) is 4.99 Å². The number of hydrogen-bond acceptors (Lipinski definition) is 4. The number of hydrogen-bond donors (Lipinski definition) is 2. The van der Waals surface area contributed by atoms with E-state index in [0.29, 0.717) is 0 Å². The van der Waals surface area contributed by atoms with Gasteiger partial charge in [-0.15, -0.1) is 35.3 Å². The predicted octanol–water partition coefficient (Wildman–Crippen LogP) is 3.68. The molecule has 0 aliphatic carbocycles. The van der Waals surface area contributed by atoms with Crippen LogP contribution in [0.5, 0.6) is 0 Å². The quantitative estimate of drug-likeness (QED) is 0.342. The first kappa shape index (κ1) is 23.9. The van der Waals surface area contributed by atoms with Gasteiger partial charge in [-0.1, -0.05) is 6.42 Å². The van der Waals surface area contributed by atoms with Crippen LogP contribution in [-0.4, -0.2) is 67.6 Å². The molecule has 0 radical (unpaired) electrons. The van der Waals surface area contributed by atoms with Crippen LogP contribution in [0.3, 0.4) is 0 Å². The zero-order chi connectivity index (χ0) is 19.1. The van der Waals surface area contributed by atoms with Gasteiger partial charge in [0, 0.05) is 28.4 Å². The summed E-state index contributed by atoms with van der Waals surface area (Å²) < 4.78 is 0. The number of aryl methyl sites for hydroxylation is 1. The molecule has 0 aromatic carbocycles. The first-order valence-electron chi connectivity index (χ1n) is 10.6. The highest BCUT2D eigenvalue weighted by atomic mass is 127. The van der Waals surface area contributed by atoms with E-state index in [4.69, 9.17) is 4.99 Å². The largest absolute Gasteiger partial charge is 0.357 e. The third-order valence-electron chi connectivity index (χ3n) is 6.06. The summed E-state index contributed by atoms with van der Waals surface area (Å²) in [5, 5.41) is 7.15. The molecule has 28 heavy (non-hydrogen) atoms. The van der Waals surface area contributed by atoms with E-state index in [9.17, 15) is 0 Å². The van der Waals surface area contributed by atoms with Crippen molar-refractivity contribution >= 4 is 41.3 Å². The van der Waals surface area contributed by atoms with Crippen LogP contribution in [0.4, 0.5) is 0 Å². The third-order valence-corrected chi connectivity index (χ3v) is 7.05. The second kappa shape index (κ2) is 11.7. The van der Waals surface area contributed by atoms with E-state index < -0.39 is 0 Å². The Morgan fingerprint density at radius 1 is 1.11 bits per heavy atom. The average molecular weight is 520 g/mol. The van der Waals surface area contributed by atoms with E-state index in [1.807, 2.05) is 11.3 Å². The Kier molecular flexibility index (Phi) is 10.00. The molecule has 0 saturated carbocycles. The molecule has 5 nitrogen and oxygen atoms in total. The number of halogens is 1. The molecular formula is C21H38IN5S. The van der Waals surface area contributed by atoms with Crippen LogP contribution >= 0.6 is 35.3 Å². The molecule has 0 spiro atoms. The molecule has 7 heteroatoms. The van der Waals surface area contributed by atoms with Crippen molar-refractivity contribution in [3.8, 4) is 0 Å². The minimum atomic E-state index is 0. The molecule has 3 rings (SSSR count). The zero-order valence-electron chi connectivity index (χ0n) is 17.8. The van der Waals surface area contributed by atoms with Crippen molar-refractivity contribution in [3.63, 3.8) is 0 Å². The number of likely N-dealkylation sites (tertiary alicyclic amines) is 2. The summed E-state index contributed by atoms with van der Waals surface area (Å²) in [4.78, 5) is 12.8. The van der Waals surface area contributed by atoms with Crippen molar-refractivity contribution in [2.75, 3.05) is 46.3 Å². The Hall–Kier alpha value is -0.380. The molecule has 0 atom stereocenters.